The molecule has 1 saturated heterocycles. The van der Waals surface area contributed by atoms with Gasteiger partial charge in [-0.15, -0.1) is 0 Å². The first-order chi connectivity index (χ1) is 8.61. The molecule has 18 heavy (non-hydrogen) atoms. The summed E-state index contributed by atoms with van der Waals surface area (Å²) in [6.07, 6.45) is 2.64. The van der Waals surface area contributed by atoms with E-state index in [9.17, 15) is 0 Å². The minimum absolute atomic E-state index is 0.451. The monoisotopic (exact) mass is 246 g/mol. The molecule has 0 radical (unpaired) electrons. The summed E-state index contributed by atoms with van der Waals surface area (Å²) in [5, 5.41) is 3.44. The fourth-order valence-electron chi connectivity index (χ4n) is 2.65. The van der Waals surface area contributed by atoms with Gasteiger partial charge >= 0.3 is 0 Å². The molecule has 1 unspecified atom stereocenters. The maximum atomic E-state index is 3.44. The highest BCUT2D eigenvalue weighted by Gasteiger charge is 2.26. The van der Waals surface area contributed by atoms with Gasteiger partial charge in [-0.05, 0) is 44.0 Å². The molecule has 1 aromatic rings. The normalized spacial score (nSPS) is 21.7. The molecule has 0 aromatic heterocycles. The van der Waals surface area contributed by atoms with Crippen molar-refractivity contribution in [3.8, 4) is 0 Å². The summed E-state index contributed by atoms with van der Waals surface area (Å²) in [5.74, 6) is 0. The van der Waals surface area contributed by atoms with E-state index in [1.807, 2.05) is 0 Å². The van der Waals surface area contributed by atoms with Crippen molar-refractivity contribution in [3.63, 3.8) is 0 Å². The van der Waals surface area contributed by atoms with Gasteiger partial charge in [-0.25, -0.2) is 0 Å². The fraction of sp³-hybridized carbons (Fsp3) is 0.625. The zero-order valence-electron chi connectivity index (χ0n) is 11.9. The van der Waals surface area contributed by atoms with E-state index in [2.05, 4.69) is 61.4 Å². The Morgan fingerprint density at radius 1 is 1.17 bits per heavy atom. The molecule has 1 N–H and O–H groups in total. The van der Waals surface area contributed by atoms with E-state index in [4.69, 9.17) is 0 Å². The summed E-state index contributed by atoms with van der Waals surface area (Å²) in [5.41, 5.74) is 1.93. The van der Waals surface area contributed by atoms with Gasteiger partial charge in [-0.1, -0.05) is 44.2 Å². The van der Waals surface area contributed by atoms with E-state index in [1.54, 1.807) is 0 Å². The first kappa shape index (κ1) is 13.6. The van der Waals surface area contributed by atoms with Crippen molar-refractivity contribution >= 4 is 0 Å². The van der Waals surface area contributed by atoms with Gasteiger partial charge in [0.2, 0.25) is 0 Å². The topological polar surface area (TPSA) is 15.3 Å². The molecule has 2 nitrogen and oxygen atoms in total. The number of likely N-dealkylation sites (tertiary alicyclic amines) is 1. The van der Waals surface area contributed by atoms with E-state index in [0.717, 1.165) is 6.54 Å². The van der Waals surface area contributed by atoms with Crippen molar-refractivity contribution in [1.29, 1.82) is 0 Å². The highest BCUT2D eigenvalue weighted by Crippen LogP contribution is 2.30. The highest BCUT2D eigenvalue weighted by molar-refractivity contribution is 5.19. The lowest BCUT2D eigenvalue weighted by Crippen LogP contribution is -2.41. The largest absolute Gasteiger partial charge is 0.312 e. The summed E-state index contributed by atoms with van der Waals surface area (Å²) < 4.78 is 0. The number of nitrogens with zero attached hydrogens (tertiary/aromatic N) is 1. The second kappa shape index (κ2) is 5.85. The Morgan fingerprint density at radius 2 is 1.78 bits per heavy atom. The Morgan fingerprint density at radius 3 is 2.33 bits per heavy atom. The smallest absolute Gasteiger partial charge is 0.0446 e. The third-order valence-corrected chi connectivity index (χ3v) is 4.20. The Kier molecular flexibility index (Phi) is 4.41. The molecule has 1 aliphatic heterocycles. The third kappa shape index (κ3) is 3.56. The van der Waals surface area contributed by atoms with Crippen LogP contribution in [0.3, 0.4) is 0 Å². The number of piperidine rings is 1. The van der Waals surface area contributed by atoms with Crippen LogP contribution < -0.4 is 5.32 Å². The Balaban J connectivity index is 1.92. The molecule has 1 aromatic carbocycles. The van der Waals surface area contributed by atoms with E-state index in [-0.39, 0.29) is 0 Å². The molecule has 0 bridgehead atoms. The van der Waals surface area contributed by atoms with E-state index in [0.29, 0.717) is 11.5 Å². The van der Waals surface area contributed by atoms with Crippen molar-refractivity contribution in [3.05, 3.63) is 35.9 Å². The molecule has 2 rings (SSSR count). The quantitative estimate of drug-likeness (QED) is 0.878. The zero-order valence-corrected chi connectivity index (χ0v) is 11.9. The molecule has 1 atom stereocenters. The van der Waals surface area contributed by atoms with Crippen LogP contribution >= 0.6 is 0 Å². The van der Waals surface area contributed by atoms with Crippen LogP contribution in [0.15, 0.2) is 30.3 Å². The lowest BCUT2D eigenvalue weighted by Gasteiger charge is -2.38. The number of hydrogen-bond donors (Lipinski definition) is 1. The summed E-state index contributed by atoms with van der Waals surface area (Å²) in [6, 6.07) is 11.2. The van der Waals surface area contributed by atoms with Gasteiger partial charge in [0.1, 0.15) is 0 Å². The number of hydrogen-bond acceptors (Lipinski definition) is 2. The van der Waals surface area contributed by atoms with Crippen LogP contribution in [0.5, 0.6) is 0 Å². The van der Waals surface area contributed by atoms with Crippen LogP contribution in [0.25, 0.3) is 0 Å². The van der Waals surface area contributed by atoms with Gasteiger partial charge in [0.25, 0.3) is 0 Å². The second-order valence-electron chi connectivity index (χ2n) is 6.22. The minimum atomic E-state index is 0.451. The lowest BCUT2D eigenvalue weighted by atomic mass is 9.82. The minimum Gasteiger partial charge on any atom is -0.312 e. The van der Waals surface area contributed by atoms with Crippen molar-refractivity contribution in [2.24, 2.45) is 5.41 Å². The van der Waals surface area contributed by atoms with Crippen LogP contribution in [0.4, 0.5) is 0 Å². The number of likely N-dealkylation sites (N-methyl/N-ethyl adjacent to an activating group) is 1. The highest BCUT2D eigenvalue weighted by atomic mass is 15.2. The molecule has 0 spiro atoms. The van der Waals surface area contributed by atoms with Crippen LogP contribution in [0, 0.1) is 5.41 Å². The van der Waals surface area contributed by atoms with E-state index >= 15 is 0 Å². The molecule has 0 saturated carbocycles. The SMILES string of the molecule is CNC(CN1CCC(C)(C)CC1)c1ccccc1. The first-order valence-corrected chi connectivity index (χ1v) is 7.05. The summed E-state index contributed by atoms with van der Waals surface area (Å²) in [7, 11) is 2.06. The third-order valence-electron chi connectivity index (χ3n) is 4.20. The average molecular weight is 246 g/mol. The molecule has 1 heterocycles. The van der Waals surface area contributed by atoms with Crippen LogP contribution in [0.1, 0.15) is 38.3 Å². The Hall–Kier alpha value is -0.860. The summed E-state index contributed by atoms with van der Waals surface area (Å²) in [6.45, 7) is 8.36. The van der Waals surface area contributed by atoms with Gasteiger partial charge in [-0.2, -0.15) is 0 Å². The standard InChI is InChI=1S/C16H26N2/c1-16(2)9-11-18(12-10-16)13-15(17-3)14-7-5-4-6-8-14/h4-8,15,17H,9-13H2,1-3H3. The molecule has 1 aliphatic rings. The molecular formula is C16H26N2. The van der Waals surface area contributed by atoms with Crippen molar-refractivity contribution in [2.75, 3.05) is 26.7 Å². The summed E-state index contributed by atoms with van der Waals surface area (Å²) in [4.78, 5) is 2.60. The first-order valence-electron chi connectivity index (χ1n) is 7.05. The van der Waals surface area contributed by atoms with Crippen LogP contribution in [0.2, 0.25) is 0 Å². The predicted octanol–water partition coefficient (Wildman–Crippen LogP) is 3.07. The molecular weight excluding hydrogens is 220 g/mol. The number of nitrogens with one attached hydrogen (secondary N) is 1. The fourth-order valence-corrected chi connectivity index (χ4v) is 2.65. The average Bonchev–Trinajstić information content (AvgIpc) is 2.39. The van der Waals surface area contributed by atoms with E-state index < -0.39 is 0 Å². The predicted molar refractivity (Wildman–Crippen MR) is 77.7 cm³/mol. The molecule has 0 amide bonds. The van der Waals surface area contributed by atoms with Crippen LogP contribution in [-0.2, 0) is 0 Å². The van der Waals surface area contributed by atoms with Gasteiger partial charge < -0.3 is 10.2 Å². The Labute approximate surface area is 111 Å². The summed E-state index contributed by atoms with van der Waals surface area (Å²) >= 11 is 0. The lowest BCUT2D eigenvalue weighted by molar-refractivity contribution is 0.123. The van der Waals surface area contributed by atoms with Crippen LogP contribution in [-0.4, -0.2) is 31.6 Å². The van der Waals surface area contributed by atoms with Crippen molar-refractivity contribution in [1.82, 2.24) is 10.2 Å². The Bertz CT molecular complexity index is 349. The molecule has 2 heteroatoms. The maximum Gasteiger partial charge on any atom is 0.0446 e. The van der Waals surface area contributed by atoms with Crippen molar-refractivity contribution in [2.45, 2.75) is 32.7 Å². The molecule has 100 valence electrons. The van der Waals surface area contributed by atoms with Gasteiger partial charge in [0.05, 0.1) is 0 Å². The number of rotatable bonds is 4. The molecule has 1 fully saturated rings. The second-order valence-corrected chi connectivity index (χ2v) is 6.22. The van der Waals surface area contributed by atoms with Gasteiger partial charge in [0.15, 0.2) is 0 Å². The van der Waals surface area contributed by atoms with Crippen molar-refractivity contribution < 1.29 is 0 Å². The zero-order chi connectivity index (χ0) is 13.0. The van der Waals surface area contributed by atoms with Gasteiger partial charge in [0, 0.05) is 12.6 Å². The number of benzene rings is 1. The molecule has 0 aliphatic carbocycles. The maximum absolute atomic E-state index is 3.44. The van der Waals surface area contributed by atoms with Gasteiger partial charge in [-0.3, -0.25) is 0 Å². The van der Waals surface area contributed by atoms with E-state index in [1.165, 1.54) is 31.5 Å².